The van der Waals surface area contributed by atoms with Gasteiger partial charge in [-0.2, -0.15) is 0 Å². The number of hydrogen-bond acceptors (Lipinski definition) is 3. The molecule has 1 rings (SSSR count). The van der Waals surface area contributed by atoms with Crippen molar-refractivity contribution in [3.63, 3.8) is 0 Å². The molecule has 1 fully saturated rings. The molecule has 2 atom stereocenters. The van der Waals surface area contributed by atoms with E-state index in [4.69, 9.17) is 0 Å². The van der Waals surface area contributed by atoms with Gasteiger partial charge in [0.1, 0.15) is 6.04 Å². The van der Waals surface area contributed by atoms with E-state index in [1.54, 1.807) is 0 Å². The Morgan fingerprint density at radius 3 is 3.08 bits per heavy atom. The highest BCUT2D eigenvalue weighted by Gasteiger charge is 2.25. The van der Waals surface area contributed by atoms with Crippen molar-refractivity contribution in [2.24, 2.45) is 0 Å². The third kappa shape index (κ3) is 2.72. The SMILES string of the molecule is C=C=C[C@H]1CCC[C@@H](C(=O)OC)N1. The predicted octanol–water partition coefficient (Wildman–Crippen LogP) is 1.01. The van der Waals surface area contributed by atoms with Crippen LogP contribution in [0.5, 0.6) is 0 Å². The largest absolute Gasteiger partial charge is 0.468 e. The zero-order valence-electron chi connectivity index (χ0n) is 7.88. The lowest BCUT2D eigenvalue weighted by Gasteiger charge is -2.26. The maximum Gasteiger partial charge on any atom is 0.322 e. The molecular weight excluding hydrogens is 166 g/mol. The van der Waals surface area contributed by atoms with E-state index in [0.29, 0.717) is 0 Å². The fourth-order valence-corrected chi connectivity index (χ4v) is 1.57. The van der Waals surface area contributed by atoms with Gasteiger partial charge in [0.25, 0.3) is 0 Å². The third-order valence-corrected chi connectivity index (χ3v) is 2.23. The first kappa shape index (κ1) is 10.0. The molecule has 0 spiro atoms. The Hall–Kier alpha value is -1.05. The minimum absolute atomic E-state index is 0.159. The van der Waals surface area contributed by atoms with E-state index in [0.717, 1.165) is 19.3 Å². The number of hydrogen-bond donors (Lipinski definition) is 1. The van der Waals surface area contributed by atoms with Crippen LogP contribution in [0.15, 0.2) is 18.4 Å². The predicted molar refractivity (Wildman–Crippen MR) is 50.3 cm³/mol. The van der Waals surface area contributed by atoms with Gasteiger partial charge in [-0.3, -0.25) is 10.1 Å². The van der Waals surface area contributed by atoms with Crippen LogP contribution in [0.3, 0.4) is 0 Å². The van der Waals surface area contributed by atoms with E-state index in [-0.39, 0.29) is 18.1 Å². The van der Waals surface area contributed by atoms with Gasteiger partial charge in [-0.05, 0) is 25.3 Å². The van der Waals surface area contributed by atoms with Crippen LogP contribution in [0.25, 0.3) is 0 Å². The molecule has 0 aromatic heterocycles. The first-order chi connectivity index (χ1) is 6.27. The normalized spacial score (nSPS) is 27.5. The molecule has 0 bridgehead atoms. The lowest BCUT2D eigenvalue weighted by Crippen LogP contribution is -2.46. The summed E-state index contributed by atoms with van der Waals surface area (Å²) in [6.45, 7) is 3.51. The van der Waals surface area contributed by atoms with E-state index in [1.165, 1.54) is 7.11 Å². The van der Waals surface area contributed by atoms with E-state index in [9.17, 15) is 4.79 Å². The average molecular weight is 181 g/mol. The molecule has 3 heteroatoms. The van der Waals surface area contributed by atoms with Gasteiger partial charge in [-0.15, -0.1) is 5.73 Å². The maximum absolute atomic E-state index is 11.2. The van der Waals surface area contributed by atoms with Crippen molar-refractivity contribution >= 4 is 5.97 Å². The molecule has 13 heavy (non-hydrogen) atoms. The Bertz CT molecular complexity index is 231. The van der Waals surface area contributed by atoms with Gasteiger partial charge in [0.2, 0.25) is 0 Å². The second-order valence-electron chi connectivity index (χ2n) is 3.15. The number of esters is 1. The van der Waals surface area contributed by atoms with Gasteiger partial charge in [0.05, 0.1) is 7.11 Å². The van der Waals surface area contributed by atoms with E-state index in [1.807, 2.05) is 6.08 Å². The van der Waals surface area contributed by atoms with Crippen LogP contribution in [0.1, 0.15) is 19.3 Å². The summed E-state index contributed by atoms with van der Waals surface area (Å²) in [5.74, 6) is -0.179. The van der Waals surface area contributed by atoms with Crippen LogP contribution in [-0.4, -0.2) is 25.2 Å². The Balaban J connectivity index is 2.50. The highest BCUT2D eigenvalue weighted by Crippen LogP contribution is 2.14. The number of nitrogens with one attached hydrogen (secondary N) is 1. The van der Waals surface area contributed by atoms with Gasteiger partial charge >= 0.3 is 5.97 Å². The van der Waals surface area contributed by atoms with Crippen molar-refractivity contribution < 1.29 is 9.53 Å². The molecule has 1 N–H and O–H groups in total. The van der Waals surface area contributed by atoms with Crippen molar-refractivity contribution in [3.05, 3.63) is 18.4 Å². The van der Waals surface area contributed by atoms with E-state index in [2.05, 4.69) is 22.4 Å². The summed E-state index contributed by atoms with van der Waals surface area (Å²) < 4.78 is 4.66. The average Bonchev–Trinajstić information content (AvgIpc) is 2.18. The molecule has 0 aromatic carbocycles. The van der Waals surface area contributed by atoms with Crippen LogP contribution in [0.2, 0.25) is 0 Å². The lowest BCUT2D eigenvalue weighted by atomic mass is 9.98. The molecule has 0 saturated carbocycles. The van der Waals surface area contributed by atoms with Gasteiger partial charge in [0.15, 0.2) is 0 Å². The molecular formula is C10H15NO2. The lowest BCUT2D eigenvalue weighted by molar-refractivity contribution is -0.143. The molecule has 3 nitrogen and oxygen atoms in total. The summed E-state index contributed by atoms with van der Waals surface area (Å²) in [6, 6.07) is 0.0590. The molecule has 0 unspecified atom stereocenters. The fourth-order valence-electron chi connectivity index (χ4n) is 1.57. The molecule has 1 heterocycles. The molecule has 72 valence electrons. The van der Waals surface area contributed by atoms with Crippen molar-refractivity contribution in [3.8, 4) is 0 Å². The summed E-state index contributed by atoms with van der Waals surface area (Å²) in [5.41, 5.74) is 2.73. The zero-order valence-corrected chi connectivity index (χ0v) is 7.88. The Morgan fingerprint density at radius 2 is 2.46 bits per heavy atom. The van der Waals surface area contributed by atoms with Gasteiger partial charge in [0, 0.05) is 6.04 Å². The molecule has 0 radical (unpaired) electrons. The van der Waals surface area contributed by atoms with Crippen LogP contribution in [0.4, 0.5) is 0 Å². The molecule has 1 aliphatic heterocycles. The quantitative estimate of drug-likeness (QED) is 0.510. The van der Waals surface area contributed by atoms with Crippen molar-refractivity contribution in [2.75, 3.05) is 7.11 Å². The first-order valence-corrected chi connectivity index (χ1v) is 4.47. The van der Waals surface area contributed by atoms with Gasteiger partial charge in [-0.25, -0.2) is 0 Å². The van der Waals surface area contributed by atoms with Crippen molar-refractivity contribution in [2.45, 2.75) is 31.3 Å². The number of carbonyl (C=O) groups is 1. The summed E-state index contributed by atoms with van der Waals surface area (Å²) in [7, 11) is 1.41. The first-order valence-electron chi connectivity index (χ1n) is 4.47. The summed E-state index contributed by atoms with van der Waals surface area (Å²) in [4.78, 5) is 11.2. The summed E-state index contributed by atoms with van der Waals surface area (Å²) >= 11 is 0. The fraction of sp³-hybridized carbons (Fsp3) is 0.600. The minimum Gasteiger partial charge on any atom is -0.468 e. The standard InChI is InChI=1S/C10H15NO2/c1-3-5-8-6-4-7-9(11-8)10(12)13-2/h5,8-9,11H,1,4,6-7H2,2H3/t8-,9-/m0/s1. The smallest absolute Gasteiger partial charge is 0.322 e. The minimum atomic E-state index is -0.179. The molecule has 0 amide bonds. The Kier molecular flexibility index (Phi) is 3.74. The third-order valence-electron chi connectivity index (χ3n) is 2.23. The highest BCUT2D eigenvalue weighted by molar-refractivity contribution is 5.75. The van der Waals surface area contributed by atoms with Crippen LogP contribution >= 0.6 is 0 Å². The molecule has 0 aliphatic carbocycles. The van der Waals surface area contributed by atoms with Gasteiger partial charge < -0.3 is 4.74 Å². The second-order valence-corrected chi connectivity index (χ2v) is 3.15. The second kappa shape index (κ2) is 4.85. The van der Waals surface area contributed by atoms with E-state index < -0.39 is 0 Å². The summed E-state index contributed by atoms with van der Waals surface area (Å²) in [5, 5.41) is 3.17. The van der Waals surface area contributed by atoms with Crippen LogP contribution < -0.4 is 5.32 Å². The number of piperidine rings is 1. The monoisotopic (exact) mass is 181 g/mol. The Morgan fingerprint density at radius 1 is 1.69 bits per heavy atom. The topological polar surface area (TPSA) is 38.3 Å². The van der Waals surface area contributed by atoms with Crippen LogP contribution in [0, 0.1) is 0 Å². The Labute approximate surface area is 78.5 Å². The molecule has 1 saturated heterocycles. The highest BCUT2D eigenvalue weighted by atomic mass is 16.5. The number of methoxy groups -OCH3 is 1. The maximum atomic E-state index is 11.2. The van der Waals surface area contributed by atoms with Crippen LogP contribution in [-0.2, 0) is 9.53 Å². The summed E-state index contributed by atoms with van der Waals surface area (Å²) in [6.07, 6.45) is 4.79. The van der Waals surface area contributed by atoms with E-state index >= 15 is 0 Å². The zero-order chi connectivity index (χ0) is 9.68. The molecule has 1 aliphatic rings. The number of carbonyl (C=O) groups excluding carboxylic acids is 1. The van der Waals surface area contributed by atoms with Crippen molar-refractivity contribution in [1.82, 2.24) is 5.32 Å². The number of rotatable bonds is 2. The molecule has 0 aromatic rings. The van der Waals surface area contributed by atoms with Gasteiger partial charge in [-0.1, -0.05) is 6.58 Å². The van der Waals surface area contributed by atoms with Crippen molar-refractivity contribution in [1.29, 1.82) is 0 Å². The number of ether oxygens (including phenoxy) is 1.